The molecule has 10 heteroatoms. The fourth-order valence-electron chi connectivity index (χ4n) is 8.48. The van der Waals surface area contributed by atoms with Crippen LogP contribution >= 0.6 is 15.6 Å². The predicted octanol–water partition coefficient (Wildman–Crippen LogP) is 14.0. The molecule has 4 aromatic rings. The molecule has 3 unspecified atom stereocenters. The Balaban J connectivity index is 1.62. The molecule has 4 aromatic carbocycles. The van der Waals surface area contributed by atoms with E-state index in [4.69, 9.17) is 18.1 Å². The zero-order valence-corrected chi connectivity index (χ0v) is 41.6. The summed E-state index contributed by atoms with van der Waals surface area (Å²) in [7, 11) is -9.42. The van der Waals surface area contributed by atoms with Crippen molar-refractivity contribution in [2.45, 2.75) is 176 Å². The van der Waals surface area contributed by atoms with Gasteiger partial charge in [0.05, 0.1) is 0 Å². The van der Waals surface area contributed by atoms with Gasteiger partial charge in [0.25, 0.3) is 0 Å². The Morgan fingerprint density at radius 2 is 0.803 bits per heavy atom. The van der Waals surface area contributed by atoms with Gasteiger partial charge in [-0.2, -0.15) is 0 Å². The largest absolute Gasteiger partial charge is 0.584 e. The van der Waals surface area contributed by atoms with E-state index in [0.717, 1.165) is 66.8 Å². The summed E-state index contributed by atoms with van der Waals surface area (Å²) in [4.78, 5) is 23.2. The van der Waals surface area contributed by atoms with Gasteiger partial charge in [-0.05, 0) is 102 Å². The Morgan fingerprint density at radius 3 is 1.18 bits per heavy atom. The second-order valence-corrected chi connectivity index (χ2v) is 24.7. The quantitative estimate of drug-likeness (QED) is 0.191. The van der Waals surface area contributed by atoms with Gasteiger partial charge in [0.1, 0.15) is 23.0 Å². The third kappa shape index (κ3) is 9.54. The molecule has 0 saturated heterocycles. The molecule has 2 heterocycles. The highest BCUT2D eigenvalue weighted by atomic mass is 31.2. The molecule has 0 saturated carbocycles. The van der Waals surface area contributed by atoms with E-state index >= 15 is 0 Å². The highest BCUT2D eigenvalue weighted by Crippen LogP contribution is 2.58. The van der Waals surface area contributed by atoms with Crippen molar-refractivity contribution < 1.29 is 37.0 Å². The van der Waals surface area contributed by atoms with Crippen molar-refractivity contribution in [1.82, 2.24) is 0 Å². The number of hydrogen-bond donors (Lipinski definition) is 2. The zero-order valence-electron chi connectivity index (χ0n) is 39.8. The molecule has 3 atom stereocenters. The van der Waals surface area contributed by atoms with Crippen molar-refractivity contribution in [1.29, 1.82) is 0 Å². The van der Waals surface area contributed by atoms with Crippen LogP contribution in [0.3, 0.4) is 0 Å². The lowest BCUT2D eigenvalue weighted by Gasteiger charge is -2.39. The number of benzene rings is 4. The molecule has 0 bridgehead atoms. The van der Waals surface area contributed by atoms with Gasteiger partial charge in [-0.15, -0.1) is 0 Å². The maximum atomic E-state index is 14.2. The smallest absolute Gasteiger partial charge is 0.395 e. The fourth-order valence-corrected chi connectivity index (χ4v) is 10.4. The molecule has 2 N–H and O–H groups in total. The molecule has 0 fully saturated rings. The van der Waals surface area contributed by atoms with Gasteiger partial charge in [0.15, 0.2) is 0 Å². The van der Waals surface area contributed by atoms with Crippen molar-refractivity contribution in [3.63, 3.8) is 0 Å². The van der Waals surface area contributed by atoms with Crippen LogP contribution in [-0.2, 0) is 61.9 Å². The summed E-state index contributed by atoms with van der Waals surface area (Å²) in [6.07, 6.45) is 2.07. The number of fused-ring (bicyclic) bond motifs is 4. The molecule has 8 nitrogen and oxygen atoms in total. The van der Waals surface area contributed by atoms with Gasteiger partial charge in [-0.3, -0.25) is 9.79 Å². The molecule has 0 aromatic heterocycles. The van der Waals surface area contributed by atoms with Crippen LogP contribution in [0.2, 0.25) is 0 Å². The Morgan fingerprint density at radius 1 is 0.492 bits per heavy atom. The first-order valence-electron chi connectivity index (χ1n) is 21.9. The van der Waals surface area contributed by atoms with Gasteiger partial charge in [-0.25, -0.2) is 9.13 Å². The van der Waals surface area contributed by atoms with E-state index in [1.165, 1.54) is 0 Å². The minimum absolute atomic E-state index is 0.167. The molecular formula is C51H70O8P2. The van der Waals surface area contributed by atoms with E-state index < -0.39 is 27.0 Å². The summed E-state index contributed by atoms with van der Waals surface area (Å²) < 4.78 is 53.0. The Labute approximate surface area is 366 Å². The van der Waals surface area contributed by atoms with Crippen LogP contribution in [0.25, 0.3) is 0 Å². The Kier molecular flexibility index (Phi) is 12.0. The van der Waals surface area contributed by atoms with Crippen LogP contribution in [0.15, 0.2) is 48.5 Å². The standard InChI is InChI=1S/C51H70O8P2/c1-18-31-22-37(47(4,5)6)24-33-20-35-26-39(49(10,11)12)28-41(45(35)58-60(52,53)56-43(31)33)30(3)51(16,17)42-29-40(50(13,14)15)27-36-21-34-25-38(48(7,8)9)23-32(19-2)44(34)57-61(54,55)59-46(36)42/h22-30H,18-21H2,1-17H3,(H,52,53)(H,54,55). The summed E-state index contributed by atoms with van der Waals surface area (Å²) in [5.74, 6) is 1.02. The number of rotatable bonds is 5. The normalized spacial score (nSPS) is 20.1. The summed E-state index contributed by atoms with van der Waals surface area (Å²) in [6, 6.07) is 16.8. The zero-order chi connectivity index (χ0) is 45.6. The van der Waals surface area contributed by atoms with Crippen LogP contribution < -0.4 is 18.1 Å². The highest BCUT2D eigenvalue weighted by molar-refractivity contribution is 7.48. The van der Waals surface area contributed by atoms with Gasteiger partial charge >= 0.3 is 15.6 Å². The van der Waals surface area contributed by atoms with E-state index in [9.17, 15) is 18.9 Å². The van der Waals surface area contributed by atoms with Gasteiger partial charge in [0, 0.05) is 23.8 Å². The minimum atomic E-state index is -4.71. The van der Waals surface area contributed by atoms with Gasteiger partial charge in [-0.1, -0.05) is 166 Å². The molecule has 2 aliphatic heterocycles. The summed E-state index contributed by atoms with van der Waals surface area (Å²) in [5.41, 5.74) is 9.00. The molecule has 0 aliphatic carbocycles. The van der Waals surface area contributed by atoms with Crippen LogP contribution in [0, 0.1) is 0 Å². The number of aryl methyl sites for hydroxylation is 2. The van der Waals surface area contributed by atoms with Crippen LogP contribution in [0.4, 0.5) is 0 Å². The number of phosphoric ester groups is 2. The van der Waals surface area contributed by atoms with Gasteiger partial charge in [0.2, 0.25) is 0 Å². The van der Waals surface area contributed by atoms with Crippen molar-refractivity contribution in [3.05, 3.63) is 115 Å². The molecule has 2 aliphatic rings. The van der Waals surface area contributed by atoms with E-state index in [1.54, 1.807) is 0 Å². The first-order chi connectivity index (χ1) is 27.8. The molecule has 0 spiro atoms. The van der Waals surface area contributed by atoms with Gasteiger partial charge < -0.3 is 18.1 Å². The first kappa shape index (κ1) is 47.0. The van der Waals surface area contributed by atoms with Crippen molar-refractivity contribution in [2.75, 3.05) is 0 Å². The number of phosphoric acid groups is 2. The second kappa shape index (κ2) is 15.6. The van der Waals surface area contributed by atoms with E-state index in [2.05, 4.69) is 152 Å². The molecular weight excluding hydrogens is 803 g/mol. The third-order valence-electron chi connectivity index (χ3n) is 12.9. The maximum absolute atomic E-state index is 14.2. The van der Waals surface area contributed by atoms with E-state index in [-0.39, 0.29) is 21.7 Å². The average molecular weight is 873 g/mol. The summed E-state index contributed by atoms with van der Waals surface area (Å²) in [5, 5.41) is 0. The topological polar surface area (TPSA) is 112 Å². The van der Waals surface area contributed by atoms with Crippen LogP contribution in [0.1, 0.15) is 190 Å². The van der Waals surface area contributed by atoms with Crippen LogP contribution in [-0.4, -0.2) is 9.79 Å². The fraction of sp³-hybridized carbons (Fsp3) is 0.529. The third-order valence-corrected chi connectivity index (χ3v) is 14.6. The van der Waals surface area contributed by atoms with Crippen molar-refractivity contribution in [3.8, 4) is 23.0 Å². The monoisotopic (exact) mass is 872 g/mol. The lowest BCUT2D eigenvalue weighted by molar-refractivity contribution is 0.276. The molecule has 0 radical (unpaired) electrons. The maximum Gasteiger partial charge on any atom is 0.584 e. The Hall–Kier alpha value is -3.54. The lowest BCUT2D eigenvalue weighted by Crippen LogP contribution is -2.29. The van der Waals surface area contributed by atoms with Crippen LogP contribution in [0.5, 0.6) is 23.0 Å². The SMILES string of the molecule is CCc1cc(C(C)(C)C)cc2c1OP(=O)(O)Oc1c(cc(C(C)(C)C)cc1C(C)C(C)(C)c1cc(C(C)(C)C)cc3c1OP(=O)(O)Oc1c(CC)cc(C(C)(C)C)cc1C3)C2. The average Bonchev–Trinajstić information content (AvgIpc) is 3.10. The summed E-state index contributed by atoms with van der Waals surface area (Å²) >= 11 is 0. The predicted molar refractivity (Wildman–Crippen MR) is 249 cm³/mol. The minimum Gasteiger partial charge on any atom is -0.395 e. The highest BCUT2D eigenvalue weighted by Gasteiger charge is 2.43. The Bertz CT molecular complexity index is 2470. The molecule has 61 heavy (non-hydrogen) atoms. The molecule has 332 valence electrons. The lowest BCUT2D eigenvalue weighted by atomic mass is 9.68. The summed E-state index contributed by atoms with van der Waals surface area (Å²) in [6.45, 7) is 36.3. The van der Waals surface area contributed by atoms with Crippen molar-refractivity contribution in [2.24, 2.45) is 0 Å². The number of hydrogen-bond acceptors (Lipinski definition) is 6. The molecule has 0 amide bonds. The second-order valence-electron chi connectivity index (χ2n) is 22.1. The molecule has 6 rings (SSSR count). The van der Waals surface area contributed by atoms with E-state index in [1.807, 2.05) is 13.8 Å². The van der Waals surface area contributed by atoms with Crippen molar-refractivity contribution >= 4 is 15.6 Å². The first-order valence-corrected chi connectivity index (χ1v) is 24.9. The van der Waals surface area contributed by atoms with E-state index in [0.29, 0.717) is 48.7 Å².